The van der Waals surface area contributed by atoms with E-state index in [2.05, 4.69) is 14.8 Å². The highest BCUT2D eigenvalue weighted by Gasteiger charge is 2.36. The van der Waals surface area contributed by atoms with E-state index in [1.54, 1.807) is 54.6 Å². The summed E-state index contributed by atoms with van der Waals surface area (Å²) in [6.45, 7) is 1.25. The predicted molar refractivity (Wildman–Crippen MR) is 180 cm³/mol. The molecule has 0 spiro atoms. The number of carbonyl (C=O) groups excluding carboxylic acids is 1. The Morgan fingerprint density at radius 2 is 1.45 bits per heavy atom. The smallest absolute Gasteiger partial charge is 0.406 e. The Bertz CT molecular complexity index is 1930. The molecular formula is C34H36F3N3O7S2. The first-order valence-electron chi connectivity index (χ1n) is 15.0. The predicted octanol–water partition coefficient (Wildman–Crippen LogP) is 5.14. The Hall–Kier alpha value is -4.44. The first-order chi connectivity index (χ1) is 23.0. The SMILES string of the molecule is CC([C@@H](Cc1ccccc1)[C@@H](O)CNCc1cccc(OC(F)(F)F)c1)S(=O)(=O)NC(=O)c1ccccc1N(c1ccccc1)S(C)(=O)=O. The van der Waals surface area contributed by atoms with E-state index in [0.717, 1.165) is 16.6 Å². The van der Waals surface area contributed by atoms with E-state index < -0.39 is 55.3 Å². The van der Waals surface area contributed by atoms with Gasteiger partial charge in [0.2, 0.25) is 20.0 Å². The quantitative estimate of drug-likeness (QED) is 0.153. The summed E-state index contributed by atoms with van der Waals surface area (Å²) in [5.41, 5.74) is 1.10. The summed E-state index contributed by atoms with van der Waals surface area (Å²) in [6.07, 6.45) is -5.09. The summed E-state index contributed by atoms with van der Waals surface area (Å²) in [4.78, 5) is 13.6. The van der Waals surface area contributed by atoms with Crippen molar-refractivity contribution in [2.24, 2.45) is 5.92 Å². The first-order valence-corrected chi connectivity index (χ1v) is 18.4. The third-order valence-corrected chi connectivity index (χ3v) is 10.5. The molecule has 49 heavy (non-hydrogen) atoms. The van der Waals surface area contributed by atoms with E-state index >= 15 is 0 Å². The number of aliphatic hydroxyl groups is 1. The second kappa shape index (κ2) is 15.8. The number of nitrogens with one attached hydrogen (secondary N) is 2. The maximum atomic E-state index is 13.7. The van der Waals surface area contributed by atoms with Gasteiger partial charge in [-0.1, -0.05) is 72.8 Å². The Balaban J connectivity index is 1.55. The van der Waals surface area contributed by atoms with Gasteiger partial charge in [-0.25, -0.2) is 25.9 Å². The molecule has 1 amide bonds. The largest absolute Gasteiger partial charge is 0.573 e. The van der Waals surface area contributed by atoms with Gasteiger partial charge in [0.25, 0.3) is 5.91 Å². The number of hydrogen-bond acceptors (Lipinski definition) is 8. The van der Waals surface area contributed by atoms with E-state index in [9.17, 15) is 39.9 Å². The number of hydrogen-bond donors (Lipinski definition) is 3. The van der Waals surface area contributed by atoms with Crippen molar-refractivity contribution < 1.29 is 44.6 Å². The number of para-hydroxylation sites is 2. The molecule has 15 heteroatoms. The van der Waals surface area contributed by atoms with Gasteiger partial charge in [-0.3, -0.25) is 4.79 Å². The topological polar surface area (TPSA) is 142 Å². The van der Waals surface area contributed by atoms with E-state index in [0.29, 0.717) is 11.1 Å². The number of ether oxygens (including phenoxy) is 1. The first kappa shape index (κ1) is 37.4. The molecule has 1 unspecified atom stereocenters. The highest BCUT2D eigenvalue weighted by Crippen LogP contribution is 2.32. The van der Waals surface area contributed by atoms with Crippen molar-refractivity contribution in [3.63, 3.8) is 0 Å². The molecule has 0 aromatic heterocycles. The molecule has 0 aliphatic rings. The fraction of sp³-hybridized carbons (Fsp3) is 0.265. The fourth-order valence-electron chi connectivity index (χ4n) is 5.29. The number of amides is 1. The lowest BCUT2D eigenvalue weighted by molar-refractivity contribution is -0.274. The molecule has 0 saturated carbocycles. The highest BCUT2D eigenvalue weighted by atomic mass is 32.2. The maximum absolute atomic E-state index is 13.7. The molecule has 3 atom stereocenters. The molecule has 10 nitrogen and oxygen atoms in total. The van der Waals surface area contributed by atoms with Crippen LogP contribution in [0.25, 0.3) is 0 Å². The lowest BCUT2D eigenvalue weighted by atomic mass is 9.91. The van der Waals surface area contributed by atoms with Crippen molar-refractivity contribution in [1.29, 1.82) is 0 Å². The summed E-state index contributed by atoms with van der Waals surface area (Å²) in [5, 5.41) is 12.9. The van der Waals surface area contributed by atoms with E-state index in [-0.39, 0.29) is 36.4 Å². The van der Waals surface area contributed by atoms with Crippen molar-refractivity contribution in [1.82, 2.24) is 10.0 Å². The molecule has 0 radical (unpaired) electrons. The van der Waals surface area contributed by atoms with Crippen LogP contribution in [0.2, 0.25) is 0 Å². The Kier molecular flexibility index (Phi) is 12.1. The number of aliphatic hydroxyl groups excluding tert-OH is 1. The molecule has 0 aliphatic heterocycles. The number of nitrogens with zero attached hydrogens (tertiary/aromatic N) is 1. The van der Waals surface area contributed by atoms with Gasteiger partial charge < -0.3 is 15.2 Å². The van der Waals surface area contributed by atoms with Gasteiger partial charge in [0.15, 0.2) is 0 Å². The van der Waals surface area contributed by atoms with Gasteiger partial charge in [-0.2, -0.15) is 0 Å². The number of halogens is 3. The molecule has 0 bridgehead atoms. The zero-order valence-corrected chi connectivity index (χ0v) is 28.2. The zero-order chi connectivity index (χ0) is 35.8. The Labute approximate surface area is 283 Å². The molecule has 4 aromatic carbocycles. The van der Waals surface area contributed by atoms with Gasteiger partial charge in [0.05, 0.1) is 34.5 Å². The van der Waals surface area contributed by atoms with Crippen LogP contribution in [0.4, 0.5) is 24.5 Å². The molecule has 3 N–H and O–H groups in total. The second-order valence-electron chi connectivity index (χ2n) is 11.3. The van der Waals surface area contributed by atoms with Crippen LogP contribution in [-0.4, -0.2) is 58.4 Å². The van der Waals surface area contributed by atoms with Crippen LogP contribution >= 0.6 is 0 Å². The lowest BCUT2D eigenvalue weighted by Gasteiger charge is -2.29. The van der Waals surface area contributed by atoms with Gasteiger partial charge >= 0.3 is 6.36 Å². The highest BCUT2D eigenvalue weighted by molar-refractivity contribution is 7.92. The normalized spacial score (nSPS) is 14.0. The molecule has 0 aliphatic carbocycles. The number of rotatable bonds is 15. The van der Waals surface area contributed by atoms with Crippen molar-refractivity contribution in [3.05, 3.63) is 126 Å². The minimum absolute atomic E-state index is 0.0388. The van der Waals surface area contributed by atoms with Crippen LogP contribution in [0, 0.1) is 5.92 Å². The molecular weight excluding hydrogens is 684 g/mol. The van der Waals surface area contributed by atoms with Crippen LogP contribution in [0.5, 0.6) is 5.75 Å². The maximum Gasteiger partial charge on any atom is 0.573 e. The summed E-state index contributed by atoms with van der Waals surface area (Å²) >= 11 is 0. The summed E-state index contributed by atoms with van der Waals surface area (Å²) in [7, 11) is -8.47. The Morgan fingerprint density at radius 1 is 0.857 bits per heavy atom. The van der Waals surface area contributed by atoms with Crippen molar-refractivity contribution in [2.45, 2.75) is 37.6 Å². The van der Waals surface area contributed by atoms with Crippen molar-refractivity contribution >= 4 is 37.3 Å². The average Bonchev–Trinajstić information content (AvgIpc) is 3.03. The third-order valence-electron chi connectivity index (χ3n) is 7.64. The van der Waals surface area contributed by atoms with Crippen molar-refractivity contribution in [3.8, 4) is 5.75 Å². The number of sulfonamides is 2. The molecule has 0 fully saturated rings. The summed E-state index contributed by atoms with van der Waals surface area (Å²) < 4.78 is 98.2. The fourth-order valence-corrected chi connectivity index (χ4v) is 7.61. The number of anilines is 2. The zero-order valence-electron chi connectivity index (χ0n) is 26.5. The summed E-state index contributed by atoms with van der Waals surface area (Å²) in [6, 6.07) is 27.8. The van der Waals surface area contributed by atoms with Crippen molar-refractivity contribution in [2.75, 3.05) is 17.1 Å². The van der Waals surface area contributed by atoms with Crippen LogP contribution in [0.1, 0.15) is 28.4 Å². The van der Waals surface area contributed by atoms with E-state index in [4.69, 9.17) is 0 Å². The number of carbonyl (C=O) groups is 1. The van der Waals surface area contributed by atoms with Crippen LogP contribution < -0.4 is 19.1 Å². The molecule has 0 saturated heterocycles. The molecule has 4 aromatic rings. The monoisotopic (exact) mass is 719 g/mol. The molecule has 4 rings (SSSR count). The third kappa shape index (κ3) is 10.5. The minimum atomic E-state index is -4.86. The number of benzene rings is 4. The van der Waals surface area contributed by atoms with Gasteiger partial charge in [-0.15, -0.1) is 13.2 Å². The average molecular weight is 720 g/mol. The number of alkyl halides is 3. The van der Waals surface area contributed by atoms with Gasteiger partial charge in [-0.05, 0) is 60.9 Å². The van der Waals surface area contributed by atoms with E-state index in [1.807, 2.05) is 0 Å². The minimum Gasteiger partial charge on any atom is -0.406 e. The summed E-state index contributed by atoms with van der Waals surface area (Å²) in [5.74, 6) is -2.44. The lowest BCUT2D eigenvalue weighted by Crippen LogP contribution is -2.47. The van der Waals surface area contributed by atoms with Crippen LogP contribution in [0.15, 0.2) is 109 Å². The van der Waals surface area contributed by atoms with Crippen LogP contribution in [-0.2, 0) is 33.0 Å². The second-order valence-corrected chi connectivity index (χ2v) is 15.2. The van der Waals surface area contributed by atoms with E-state index in [1.165, 1.54) is 55.5 Å². The Morgan fingerprint density at radius 3 is 2.08 bits per heavy atom. The van der Waals surface area contributed by atoms with Crippen LogP contribution in [0.3, 0.4) is 0 Å². The standard InChI is InChI=1S/C34H36F3N3O7S2/c1-24(49(45,46)39-33(42)29-18-9-10-19-31(29)40(48(2,43)44)27-15-7-4-8-16-27)30(21-25-12-5-3-6-13-25)32(41)23-38-22-26-14-11-17-28(20-26)47-34(35,36)37/h3-20,24,30,32,38,41H,21-23H2,1-2H3,(H,39,42)/t24?,30-,32+/m1/s1. The van der Waals surface area contributed by atoms with Gasteiger partial charge in [0.1, 0.15) is 5.75 Å². The molecule has 0 heterocycles. The molecule has 262 valence electrons. The van der Waals surface area contributed by atoms with Gasteiger partial charge in [0, 0.05) is 19.0 Å².